The highest BCUT2D eigenvalue weighted by Gasteiger charge is 2.29. The average Bonchev–Trinajstić information content (AvgIpc) is 2.92. The summed E-state index contributed by atoms with van der Waals surface area (Å²) in [5, 5.41) is 0. The summed E-state index contributed by atoms with van der Waals surface area (Å²) >= 11 is 0. The summed E-state index contributed by atoms with van der Waals surface area (Å²) in [6.07, 6.45) is 15.8. The van der Waals surface area contributed by atoms with E-state index >= 15 is 0 Å². The van der Waals surface area contributed by atoms with Gasteiger partial charge in [-0.05, 0) is 151 Å². The van der Waals surface area contributed by atoms with Crippen LogP contribution in [0.15, 0.2) is 84.2 Å². The van der Waals surface area contributed by atoms with Gasteiger partial charge in [-0.3, -0.25) is 0 Å². The molecule has 0 spiro atoms. The molecule has 1 nitrogen and oxygen atoms in total. The van der Waals surface area contributed by atoms with Crippen molar-refractivity contribution in [2.24, 2.45) is 0 Å². The largest absolute Gasteiger partial charge is 0.449 e. The summed E-state index contributed by atoms with van der Waals surface area (Å²) in [4.78, 5) is 0. The van der Waals surface area contributed by atoms with Gasteiger partial charge in [0.2, 0.25) is 0 Å². The van der Waals surface area contributed by atoms with Crippen molar-refractivity contribution < 1.29 is 4.12 Å². The van der Waals surface area contributed by atoms with Crippen molar-refractivity contribution in [1.29, 1.82) is 0 Å². The molecular formula is C41H46OSi2. The number of aryl methyl sites for hydroxylation is 8. The monoisotopic (exact) mass is 610 g/mol. The van der Waals surface area contributed by atoms with E-state index in [4.69, 9.17) is 4.12 Å². The number of benzene rings is 4. The highest BCUT2D eigenvalue weighted by molar-refractivity contribution is 6.90. The van der Waals surface area contributed by atoms with Crippen LogP contribution in [0.5, 0.6) is 0 Å². The quantitative estimate of drug-likeness (QED) is 0.181. The van der Waals surface area contributed by atoms with Gasteiger partial charge in [-0.15, -0.1) is 0 Å². The van der Waals surface area contributed by atoms with Crippen LogP contribution in [-0.2, 0) is 61.9 Å². The molecule has 0 aromatic heterocycles. The Hall–Kier alpha value is -3.25. The summed E-state index contributed by atoms with van der Waals surface area (Å²) in [5.74, 6) is 0. The van der Waals surface area contributed by atoms with E-state index < -0.39 is 16.6 Å². The van der Waals surface area contributed by atoms with Crippen molar-refractivity contribution in [2.45, 2.75) is 84.0 Å². The summed E-state index contributed by atoms with van der Waals surface area (Å²) < 4.78 is 6.71. The first-order chi connectivity index (χ1) is 21.2. The van der Waals surface area contributed by atoms with Crippen LogP contribution in [0.2, 0.25) is 26.2 Å². The standard InChI is InChI=1S/C24H30OSi2.C17H16/c1-26(2,15-13-19-5-7-21-9-11-23(21)17-19)25-27(3,4)16-14-20-6-8-22-10-12-24(22)18-20;1-3-14-5-7-16(14)10-12(1)9-13-2-4-15-6-8-17(15)11-13/h5-8,13-18H,9-12H2,1-4H3;1-4,10-11H,5-9H2/b15-13+,16-14+;. The predicted molar refractivity (Wildman–Crippen MR) is 192 cm³/mol. The lowest BCUT2D eigenvalue weighted by Crippen LogP contribution is -2.42. The lowest BCUT2D eigenvalue weighted by Gasteiger charge is -2.30. The molecule has 224 valence electrons. The summed E-state index contributed by atoms with van der Waals surface area (Å²) in [7, 11) is -3.70. The van der Waals surface area contributed by atoms with E-state index in [1.807, 2.05) is 0 Å². The van der Waals surface area contributed by atoms with Gasteiger partial charge in [0, 0.05) is 0 Å². The first-order valence-electron chi connectivity index (χ1n) is 16.7. The van der Waals surface area contributed by atoms with Crippen molar-refractivity contribution >= 4 is 28.8 Å². The Labute approximate surface area is 267 Å². The van der Waals surface area contributed by atoms with Crippen LogP contribution in [-0.4, -0.2) is 16.6 Å². The molecule has 4 aromatic rings. The third kappa shape index (κ3) is 6.71. The first-order valence-corrected chi connectivity index (χ1v) is 22.7. The molecular weight excluding hydrogens is 565 g/mol. The lowest BCUT2D eigenvalue weighted by molar-refractivity contribution is 0.571. The molecule has 8 rings (SSSR count). The first kappa shape index (κ1) is 29.5. The topological polar surface area (TPSA) is 9.23 Å². The third-order valence-electron chi connectivity index (χ3n) is 9.95. The van der Waals surface area contributed by atoms with Gasteiger partial charge in [-0.25, -0.2) is 0 Å². The Kier molecular flexibility index (Phi) is 7.99. The highest BCUT2D eigenvalue weighted by Crippen LogP contribution is 2.29. The molecule has 0 saturated carbocycles. The van der Waals surface area contributed by atoms with E-state index in [1.54, 1.807) is 22.3 Å². The minimum Gasteiger partial charge on any atom is -0.449 e. The molecule has 4 aliphatic carbocycles. The molecule has 0 aliphatic heterocycles. The van der Waals surface area contributed by atoms with Gasteiger partial charge in [-0.1, -0.05) is 96.3 Å². The van der Waals surface area contributed by atoms with Gasteiger partial charge in [0.05, 0.1) is 0 Å². The Bertz CT molecular complexity index is 1640. The van der Waals surface area contributed by atoms with Crippen LogP contribution in [0.3, 0.4) is 0 Å². The van der Waals surface area contributed by atoms with Gasteiger partial charge in [0.15, 0.2) is 16.6 Å². The molecule has 0 bridgehead atoms. The molecule has 0 fully saturated rings. The molecule has 4 aromatic carbocycles. The Balaban J connectivity index is 0.000000157. The van der Waals surface area contributed by atoms with Crippen molar-refractivity contribution in [3.8, 4) is 0 Å². The zero-order chi connectivity index (χ0) is 30.3. The summed E-state index contributed by atoms with van der Waals surface area (Å²) in [6, 6.07) is 27.8. The molecule has 44 heavy (non-hydrogen) atoms. The van der Waals surface area contributed by atoms with Crippen LogP contribution in [0, 0.1) is 0 Å². The zero-order valence-corrected chi connectivity index (χ0v) is 29.0. The van der Waals surface area contributed by atoms with E-state index in [9.17, 15) is 0 Å². The maximum absolute atomic E-state index is 6.71. The predicted octanol–water partition coefficient (Wildman–Crippen LogP) is 9.59. The maximum atomic E-state index is 6.71. The highest BCUT2D eigenvalue weighted by atomic mass is 28.4. The van der Waals surface area contributed by atoms with E-state index in [-0.39, 0.29) is 0 Å². The second-order valence-corrected chi connectivity index (χ2v) is 22.3. The van der Waals surface area contributed by atoms with Crippen molar-refractivity contribution in [3.05, 3.63) is 151 Å². The number of fused-ring (bicyclic) bond motifs is 4. The van der Waals surface area contributed by atoms with E-state index in [1.165, 1.54) is 95.9 Å². The molecule has 0 atom stereocenters. The second kappa shape index (κ2) is 11.9. The molecule has 0 amide bonds. The van der Waals surface area contributed by atoms with E-state index in [2.05, 4.69) is 123 Å². The number of hydrogen-bond donors (Lipinski definition) is 0. The van der Waals surface area contributed by atoms with E-state index in [0.29, 0.717) is 0 Å². The molecule has 0 saturated heterocycles. The minimum absolute atomic E-state index is 1.10. The van der Waals surface area contributed by atoms with Crippen molar-refractivity contribution in [2.75, 3.05) is 0 Å². The minimum atomic E-state index is -1.85. The Morgan fingerprint density at radius 1 is 0.455 bits per heavy atom. The van der Waals surface area contributed by atoms with Gasteiger partial charge in [0.25, 0.3) is 0 Å². The van der Waals surface area contributed by atoms with Crippen LogP contribution in [0.25, 0.3) is 12.2 Å². The molecule has 0 radical (unpaired) electrons. The van der Waals surface area contributed by atoms with Gasteiger partial charge < -0.3 is 4.12 Å². The number of hydrogen-bond acceptors (Lipinski definition) is 1. The second-order valence-electron chi connectivity index (χ2n) is 14.4. The van der Waals surface area contributed by atoms with Crippen LogP contribution >= 0.6 is 0 Å². The molecule has 3 heteroatoms. The maximum Gasteiger partial charge on any atom is 0.198 e. The zero-order valence-electron chi connectivity index (χ0n) is 27.0. The molecule has 4 aliphatic rings. The van der Waals surface area contributed by atoms with Crippen molar-refractivity contribution in [3.63, 3.8) is 0 Å². The Morgan fingerprint density at radius 3 is 1.11 bits per heavy atom. The normalized spacial score (nSPS) is 15.9. The summed E-state index contributed by atoms with van der Waals surface area (Å²) in [6.45, 7) is 9.22. The fraction of sp³-hybridized carbons (Fsp3) is 0.317. The van der Waals surface area contributed by atoms with Crippen LogP contribution < -0.4 is 0 Å². The Morgan fingerprint density at radius 2 is 0.795 bits per heavy atom. The lowest BCUT2D eigenvalue weighted by atomic mass is 9.84. The van der Waals surface area contributed by atoms with Crippen LogP contribution in [0.1, 0.15) is 66.8 Å². The van der Waals surface area contributed by atoms with Gasteiger partial charge in [-0.2, -0.15) is 0 Å². The smallest absolute Gasteiger partial charge is 0.198 e. The molecule has 0 unspecified atom stereocenters. The van der Waals surface area contributed by atoms with Crippen molar-refractivity contribution in [1.82, 2.24) is 0 Å². The van der Waals surface area contributed by atoms with E-state index in [0.717, 1.165) is 6.42 Å². The molecule has 0 heterocycles. The SMILES string of the molecule is C[Si](C)(/C=C/c1ccc2c(c1)CC2)O[Si](C)(C)/C=C/c1ccc2c(c1)CC2.c1cc2c(cc1Cc1ccc3c(c1)CC3)CC2. The number of rotatable bonds is 8. The van der Waals surface area contributed by atoms with Gasteiger partial charge >= 0.3 is 0 Å². The average molecular weight is 611 g/mol. The fourth-order valence-corrected chi connectivity index (χ4v) is 14.1. The summed E-state index contributed by atoms with van der Waals surface area (Å²) in [5.41, 5.74) is 22.6. The molecule has 0 N–H and O–H groups in total. The fourth-order valence-electron chi connectivity index (χ4n) is 6.93. The third-order valence-corrected chi connectivity index (χ3v) is 16.1. The van der Waals surface area contributed by atoms with Gasteiger partial charge in [0.1, 0.15) is 0 Å². The van der Waals surface area contributed by atoms with Crippen LogP contribution in [0.4, 0.5) is 0 Å².